The number of hydrogen-bond donors (Lipinski definition) is 0. The highest BCUT2D eigenvalue weighted by Crippen LogP contribution is 2.46. The van der Waals surface area contributed by atoms with E-state index >= 15 is 0 Å². The molecule has 3 heterocycles. The van der Waals surface area contributed by atoms with E-state index in [-0.39, 0.29) is 21.2 Å². The average Bonchev–Trinajstić information content (AvgIpc) is 3.57. The van der Waals surface area contributed by atoms with Gasteiger partial charge in [-0.15, -0.1) is 22.7 Å². The minimum Gasteiger partial charge on any atom is -0.258 e. The number of rotatable bonds is 6. The summed E-state index contributed by atoms with van der Waals surface area (Å²) in [7, 11) is 0. The van der Waals surface area contributed by atoms with E-state index in [4.69, 9.17) is 0 Å². The molecule has 0 atom stereocenters. The Morgan fingerprint density at radius 2 is 1.11 bits per heavy atom. The molecule has 4 aromatic rings. The van der Waals surface area contributed by atoms with Crippen LogP contribution in [0.2, 0.25) is 0 Å². The first-order chi connectivity index (χ1) is 16.8. The summed E-state index contributed by atoms with van der Waals surface area (Å²) in [6.45, 7) is 4.20. The predicted octanol–water partition coefficient (Wildman–Crippen LogP) is 8.23. The van der Waals surface area contributed by atoms with Gasteiger partial charge in [-0.3, -0.25) is 20.2 Å². The van der Waals surface area contributed by atoms with Crippen LogP contribution in [0.25, 0.3) is 32.0 Å². The van der Waals surface area contributed by atoms with Crippen molar-refractivity contribution in [2.75, 3.05) is 11.5 Å². The summed E-state index contributed by atoms with van der Waals surface area (Å²) in [6.07, 6.45) is 0. The molecule has 0 radical (unpaired) electrons. The molecule has 176 valence electrons. The molecule has 0 amide bonds. The molecular weight excluding hydrogens is 500 g/mol. The molecule has 0 fully saturated rings. The van der Waals surface area contributed by atoms with Gasteiger partial charge in [-0.1, -0.05) is 24.3 Å². The zero-order chi connectivity index (χ0) is 24.7. The van der Waals surface area contributed by atoms with Gasteiger partial charge in [0.2, 0.25) is 0 Å². The number of nitro groups is 2. The Kier molecular flexibility index (Phi) is 6.31. The number of aryl methyl sites for hydroxylation is 2. The highest BCUT2D eigenvalue weighted by atomic mass is 32.2. The molecule has 0 N–H and O–H groups in total. The molecule has 1 aliphatic heterocycles. The number of hydrogen-bond acceptors (Lipinski definition) is 7. The monoisotopic (exact) mass is 520 g/mol. The Bertz CT molecular complexity index is 1400. The van der Waals surface area contributed by atoms with Crippen LogP contribution in [0, 0.1) is 34.1 Å². The van der Waals surface area contributed by atoms with Gasteiger partial charge in [0.05, 0.1) is 9.85 Å². The molecule has 0 saturated heterocycles. The molecule has 0 aliphatic carbocycles. The third-order valence-corrected chi connectivity index (χ3v) is 9.21. The third kappa shape index (κ3) is 4.54. The molecule has 0 bridgehead atoms. The van der Waals surface area contributed by atoms with Crippen molar-refractivity contribution in [2.24, 2.45) is 0 Å². The average molecular weight is 521 g/mol. The van der Waals surface area contributed by atoms with Crippen LogP contribution in [0.3, 0.4) is 0 Å². The van der Waals surface area contributed by atoms with Crippen molar-refractivity contribution in [3.8, 4) is 20.9 Å². The molecule has 6 nitrogen and oxygen atoms in total. The van der Waals surface area contributed by atoms with Crippen molar-refractivity contribution in [2.45, 2.75) is 13.8 Å². The Labute approximate surface area is 214 Å². The molecule has 0 saturated carbocycles. The SMILES string of the molecule is Cc1sc(-c2cccc([N+](=O)[O-])c2)cc1C1=C(c2cc(-c3cccc([N+](=O)[O-])c3)sc2C)CSC1. The lowest BCUT2D eigenvalue weighted by Gasteiger charge is -2.06. The lowest BCUT2D eigenvalue weighted by atomic mass is 9.96. The van der Waals surface area contributed by atoms with Crippen LogP contribution < -0.4 is 0 Å². The second-order valence-electron chi connectivity index (χ2n) is 8.23. The van der Waals surface area contributed by atoms with Gasteiger partial charge in [0, 0.05) is 55.3 Å². The maximum Gasteiger partial charge on any atom is 0.270 e. The van der Waals surface area contributed by atoms with Gasteiger partial charge in [-0.25, -0.2) is 0 Å². The molecule has 0 unspecified atom stereocenters. The minimum atomic E-state index is -0.364. The molecule has 5 rings (SSSR count). The first kappa shape index (κ1) is 23.5. The Morgan fingerprint density at radius 1 is 0.686 bits per heavy atom. The van der Waals surface area contributed by atoms with E-state index in [0.29, 0.717) is 0 Å². The van der Waals surface area contributed by atoms with Crippen molar-refractivity contribution in [1.29, 1.82) is 0 Å². The lowest BCUT2D eigenvalue weighted by molar-refractivity contribution is -0.385. The quantitative estimate of drug-likeness (QED) is 0.189. The minimum absolute atomic E-state index is 0.0917. The molecule has 1 aliphatic rings. The van der Waals surface area contributed by atoms with Crippen molar-refractivity contribution < 1.29 is 9.85 Å². The van der Waals surface area contributed by atoms with E-state index in [1.54, 1.807) is 46.9 Å². The Morgan fingerprint density at radius 3 is 1.51 bits per heavy atom. The van der Waals surface area contributed by atoms with Crippen molar-refractivity contribution in [3.05, 3.63) is 102 Å². The standard InChI is InChI=1S/C26H20N2O4S3/c1-15-21(11-25(34-15)17-5-3-7-19(9-17)27(29)30)23-13-33-14-24(23)22-12-26(35-16(22)2)18-6-4-8-20(10-18)28(31)32/h3-12H,13-14H2,1-2H3. The third-order valence-electron chi connectivity index (χ3n) is 6.03. The van der Waals surface area contributed by atoms with E-state index in [2.05, 4.69) is 26.0 Å². The van der Waals surface area contributed by atoms with E-state index in [0.717, 1.165) is 32.4 Å². The van der Waals surface area contributed by atoms with Gasteiger partial charge in [0.15, 0.2) is 0 Å². The largest absolute Gasteiger partial charge is 0.270 e. The topological polar surface area (TPSA) is 86.3 Å². The van der Waals surface area contributed by atoms with Gasteiger partial charge >= 0.3 is 0 Å². The summed E-state index contributed by atoms with van der Waals surface area (Å²) < 4.78 is 0. The van der Waals surface area contributed by atoms with Crippen molar-refractivity contribution >= 4 is 57.0 Å². The number of thiophene rings is 2. The van der Waals surface area contributed by atoms with Crippen LogP contribution >= 0.6 is 34.4 Å². The van der Waals surface area contributed by atoms with Crippen molar-refractivity contribution in [3.63, 3.8) is 0 Å². The molecule has 35 heavy (non-hydrogen) atoms. The van der Waals surface area contributed by atoms with Gasteiger partial charge in [0.1, 0.15) is 0 Å². The van der Waals surface area contributed by atoms with Crippen LogP contribution in [0.4, 0.5) is 11.4 Å². The summed E-state index contributed by atoms with van der Waals surface area (Å²) in [5.74, 6) is 1.81. The normalized spacial score (nSPS) is 13.4. The van der Waals surface area contributed by atoms with Crippen LogP contribution in [-0.2, 0) is 0 Å². The highest BCUT2D eigenvalue weighted by molar-refractivity contribution is 8.00. The molecule has 9 heteroatoms. The number of nitrogens with zero attached hydrogens (tertiary/aromatic N) is 2. The van der Waals surface area contributed by atoms with Crippen molar-refractivity contribution in [1.82, 2.24) is 0 Å². The summed E-state index contributed by atoms with van der Waals surface area (Å²) in [6, 6.07) is 17.9. The fourth-order valence-electron chi connectivity index (χ4n) is 4.30. The van der Waals surface area contributed by atoms with E-state index in [1.807, 2.05) is 23.9 Å². The molecule has 2 aromatic carbocycles. The van der Waals surface area contributed by atoms with Gasteiger partial charge < -0.3 is 0 Å². The van der Waals surface area contributed by atoms with Gasteiger partial charge in [-0.05, 0) is 59.4 Å². The zero-order valence-electron chi connectivity index (χ0n) is 18.9. The van der Waals surface area contributed by atoms with E-state index < -0.39 is 0 Å². The van der Waals surface area contributed by atoms with E-state index in [1.165, 1.54) is 44.2 Å². The predicted molar refractivity (Wildman–Crippen MR) is 146 cm³/mol. The second-order valence-corrected chi connectivity index (χ2v) is 11.7. The first-order valence-electron chi connectivity index (χ1n) is 10.8. The molecule has 0 spiro atoms. The summed E-state index contributed by atoms with van der Waals surface area (Å²) in [5, 5.41) is 22.4. The van der Waals surface area contributed by atoms with Crippen LogP contribution in [-0.4, -0.2) is 21.4 Å². The Hall–Kier alpha value is -3.27. The maximum absolute atomic E-state index is 11.2. The second kappa shape index (κ2) is 9.41. The highest BCUT2D eigenvalue weighted by Gasteiger charge is 2.24. The summed E-state index contributed by atoms with van der Waals surface area (Å²) in [4.78, 5) is 26.1. The number of nitro benzene ring substituents is 2. The van der Waals surface area contributed by atoms with Gasteiger partial charge in [-0.2, -0.15) is 11.8 Å². The summed E-state index contributed by atoms with van der Waals surface area (Å²) in [5.41, 5.74) is 6.87. The number of benzene rings is 2. The smallest absolute Gasteiger partial charge is 0.258 e. The van der Waals surface area contributed by atoms with Crippen LogP contribution in [0.1, 0.15) is 20.9 Å². The lowest BCUT2D eigenvalue weighted by Crippen LogP contribution is -1.90. The number of non-ortho nitro benzene ring substituents is 2. The fraction of sp³-hybridized carbons (Fsp3) is 0.154. The fourth-order valence-corrected chi connectivity index (χ4v) is 7.56. The molecular formula is C26H20N2O4S3. The summed E-state index contributed by atoms with van der Waals surface area (Å²) >= 11 is 5.19. The van der Waals surface area contributed by atoms with E-state index in [9.17, 15) is 20.2 Å². The van der Waals surface area contributed by atoms with Gasteiger partial charge in [0.25, 0.3) is 11.4 Å². The Balaban J connectivity index is 1.55. The molecule has 2 aromatic heterocycles. The zero-order valence-corrected chi connectivity index (χ0v) is 21.4. The number of thioether (sulfide) groups is 1. The van der Waals surface area contributed by atoms with Crippen LogP contribution in [0.5, 0.6) is 0 Å². The maximum atomic E-state index is 11.2. The first-order valence-corrected chi connectivity index (χ1v) is 13.6. The van der Waals surface area contributed by atoms with Crippen LogP contribution in [0.15, 0.2) is 60.7 Å².